The van der Waals surface area contributed by atoms with E-state index in [2.05, 4.69) is 30.4 Å². The van der Waals surface area contributed by atoms with Gasteiger partial charge in [-0.3, -0.25) is 4.72 Å². The van der Waals surface area contributed by atoms with Crippen molar-refractivity contribution in [2.45, 2.75) is 51.1 Å². The Bertz CT molecular complexity index is 1190. The van der Waals surface area contributed by atoms with Gasteiger partial charge in [-0.2, -0.15) is 13.2 Å². The normalized spacial score (nSPS) is 14.6. The second-order valence-corrected chi connectivity index (χ2v) is 11.0. The zero-order valence-electron chi connectivity index (χ0n) is 20.7. The smallest absolute Gasteiger partial charge is 0.478 e. The number of halogens is 3. The molecule has 1 aliphatic heterocycles. The molecule has 0 atom stereocenters. The lowest BCUT2D eigenvalue weighted by molar-refractivity contribution is -0.192. The van der Waals surface area contributed by atoms with Gasteiger partial charge in [0.15, 0.2) is 0 Å². The van der Waals surface area contributed by atoms with Gasteiger partial charge in [0, 0.05) is 18.8 Å². The number of aliphatic carboxylic acids is 1. The van der Waals surface area contributed by atoms with Gasteiger partial charge in [-0.05, 0) is 67.0 Å². The summed E-state index contributed by atoms with van der Waals surface area (Å²) < 4.78 is 59.8. The number of rotatable bonds is 7. The SMILES string of the molecule is CC(C)Cc1ccc(S(=O)(=O)Nc2ccc(N3CCC(C)CC3)c(C(=O)O)c2)cc1.O=C(O)C(F)(F)F. The standard InChI is InChI=1S/C23H30N2O4S.C2HF3O2/c1-16(2)14-18-4-7-20(8-5-18)30(28,29)24-19-6-9-22(21(15-19)23(26)27)25-12-10-17(3)11-13-25;3-2(4,5)1(6)7/h4-9,15-17,24H,10-14H2,1-3H3,(H,26,27);(H,6,7). The summed E-state index contributed by atoms with van der Waals surface area (Å²) in [5, 5.41) is 16.8. The number of piperidine rings is 1. The van der Waals surface area contributed by atoms with Crippen molar-refractivity contribution in [3.05, 3.63) is 53.6 Å². The number of aromatic carboxylic acids is 1. The zero-order chi connectivity index (χ0) is 28.0. The number of hydrogen-bond donors (Lipinski definition) is 3. The number of carboxylic acid groups (broad SMARTS) is 2. The summed E-state index contributed by atoms with van der Waals surface area (Å²) in [5.41, 5.74) is 2.07. The molecule has 8 nitrogen and oxygen atoms in total. The Labute approximate surface area is 214 Å². The van der Waals surface area contributed by atoms with Gasteiger partial charge < -0.3 is 15.1 Å². The second kappa shape index (κ2) is 12.3. The summed E-state index contributed by atoms with van der Waals surface area (Å²) in [7, 11) is -3.80. The first-order valence-electron chi connectivity index (χ1n) is 11.6. The zero-order valence-corrected chi connectivity index (χ0v) is 21.6. The highest BCUT2D eigenvalue weighted by Gasteiger charge is 2.38. The van der Waals surface area contributed by atoms with Gasteiger partial charge in [-0.25, -0.2) is 18.0 Å². The third-order valence-electron chi connectivity index (χ3n) is 5.72. The lowest BCUT2D eigenvalue weighted by atomic mass is 9.98. The van der Waals surface area contributed by atoms with Crippen LogP contribution in [0.1, 0.15) is 49.5 Å². The molecule has 1 fully saturated rings. The number of hydrogen-bond acceptors (Lipinski definition) is 5. The van der Waals surface area contributed by atoms with Crippen LogP contribution in [0.15, 0.2) is 47.4 Å². The van der Waals surface area contributed by atoms with E-state index in [1.807, 2.05) is 12.1 Å². The summed E-state index contributed by atoms with van der Waals surface area (Å²) in [6.07, 6.45) is -2.17. The van der Waals surface area contributed by atoms with Crippen molar-refractivity contribution in [2.75, 3.05) is 22.7 Å². The Morgan fingerprint density at radius 2 is 1.59 bits per heavy atom. The third kappa shape index (κ3) is 8.96. The van der Waals surface area contributed by atoms with Crippen molar-refractivity contribution >= 4 is 33.3 Å². The van der Waals surface area contributed by atoms with Crippen LogP contribution in [0.2, 0.25) is 0 Å². The Morgan fingerprint density at radius 1 is 1.05 bits per heavy atom. The molecule has 3 N–H and O–H groups in total. The molecular weight excluding hydrogens is 513 g/mol. The van der Waals surface area contributed by atoms with Gasteiger partial charge in [-0.15, -0.1) is 0 Å². The maximum Gasteiger partial charge on any atom is 0.490 e. The van der Waals surface area contributed by atoms with E-state index in [1.165, 1.54) is 6.07 Å². The van der Waals surface area contributed by atoms with Gasteiger partial charge in [0.05, 0.1) is 16.1 Å². The Kier molecular flexibility index (Phi) is 9.96. The van der Waals surface area contributed by atoms with E-state index in [1.54, 1.807) is 24.3 Å². The van der Waals surface area contributed by atoms with E-state index in [0.29, 0.717) is 17.5 Å². The lowest BCUT2D eigenvalue weighted by Crippen LogP contribution is -2.33. The molecule has 3 rings (SSSR count). The number of alkyl halides is 3. The predicted octanol–water partition coefficient (Wildman–Crippen LogP) is 5.25. The van der Waals surface area contributed by atoms with Crippen molar-refractivity contribution in [2.24, 2.45) is 11.8 Å². The third-order valence-corrected chi connectivity index (χ3v) is 7.12. The minimum atomic E-state index is -5.08. The summed E-state index contributed by atoms with van der Waals surface area (Å²) >= 11 is 0. The van der Waals surface area contributed by atoms with Gasteiger partial charge >= 0.3 is 18.1 Å². The van der Waals surface area contributed by atoms with Crippen molar-refractivity contribution in [3.63, 3.8) is 0 Å². The van der Waals surface area contributed by atoms with E-state index in [-0.39, 0.29) is 16.1 Å². The molecule has 1 aliphatic rings. The molecular formula is C25H31F3N2O6S. The Morgan fingerprint density at radius 3 is 2.05 bits per heavy atom. The monoisotopic (exact) mass is 544 g/mol. The van der Waals surface area contributed by atoms with Crippen LogP contribution in [-0.4, -0.2) is 49.8 Å². The van der Waals surface area contributed by atoms with Gasteiger partial charge in [0.1, 0.15) is 0 Å². The van der Waals surface area contributed by atoms with E-state index in [9.17, 15) is 31.5 Å². The van der Waals surface area contributed by atoms with Crippen LogP contribution in [0.25, 0.3) is 0 Å². The average molecular weight is 545 g/mol. The van der Waals surface area contributed by atoms with Gasteiger partial charge in [0.25, 0.3) is 10.0 Å². The quantitative estimate of drug-likeness (QED) is 0.435. The highest BCUT2D eigenvalue weighted by Crippen LogP contribution is 2.29. The molecule has 0 aromatic heterocycles. The molecule has 0 unspecified atom stereocenters. The highest BCUT2D eigenvalue weighted by molar-refractivity contribution is 7.92. The maximum atomic E-state index is 12.8. The topological polar surface area (TPSA) is 124 Å². The molecule has 0 spiro atoms. The molecule has 0 bridgehead atoms. The molecule has 2 aromatic carbocycles. The minimum Gasteiger partial charge on any atom is -0.478 e. The summed E-state index contributed by atoms with van der Waals surface area (Å²) in [4.78, 5) is 23.0. The Balaban J connectivity index is 0.000000604. The van der Waals surface area contributed by atoms with E-state index in [4.69, 9.17) is 9.90 Å². The molecule has 204 valence electrons. The van der Waals surface area contributed by atoms with E-state index >= 15 is 0 Å². The van der Waals surface area contributed by atoms with E-state index in [0.717, 1.165) is 37.9 Å². The number of nitrogens with zero attached hydrogens (tertiary/aromatic N) is 1. The van der Waals surface area contributed by atoms with Crippen LogP contribution in [0.3, 0.4) is 0 Å². The van der Waals surface area contributed by atoms with Crippen LogP contribution >= 0.6 is 0 Å². The molecule has 0 saturated carbocycles. The first-order valence-corrected chi connectivity index (χ1v) is 13.1. The number of benzene rings is 2. The molecule has 37 heavy (non-hydrogen) atoms. The molecule has 1 heterocycles. The first kappa shape index (κ1) is 29.9. The van der Waals surface area contributed by atoms with Crippen LogP contribution < -0.4 is 9.62 Å². The minimum absolute atomic E-state index is 0.108. The predicted molar refractivity (Wildman–Crippen MR) is 133 cm³/mol. The van der Waals surface area contributed by atoms with Crippen molar-refractivity contribution in [1.29, 1.82) is 0 Å². The largest absolute Gasteiger partial charge is 0.490 e. The molecule has 1 saturated heterocycles. The van der Waals surface area contributed by atoms with E-state index < -0.39 is 28.1 Å². The van der Waals surface area contributed by atoms with Crippen molar-refractivity contribution in [3.8, 4) is 0 Å². The molecule has 0 amide bonds. The van der Waals surface area contributed by atoms with Crippen molar-refractivity contribution < 1.29 is 41.4 Å². The Hall–Kier alpha value is -3.28. The number of nitrogens with one attached hydrogen (secondary N) is 1. The number of anilines is 2. The number of carbonyl (C=O) groups is 2. The molecule has 12 heteroatoms. The highest BCUT2D eigenvalue weighted by atomic mass is 32.2. The van der Waals surface area contributed by atoms with Crippen LogP contribution in [0.5, 0.6) is 0 Å². The van der Waals surface area contributed by atoms with Crippen molar-refractivity contribution in [1.82, 2.24) is 0 Å². The fraction of sp³-hybridized carbons (Fsp3) is 0.440. The lowest BCUT2D eigenvalue weighted by Gasteiger charge is -2.33. The van der Waals surface area contributed by atoms with Crippen LogP contribution in [-0.2, 0) is 21.2 Å². The summed E-state index contributed by atoms with van der Waals surface area (Å²) in [6.45, 7) is 8.02. The molecule has 2 aromatic rings. The fourth-order valence-corrected chi connectivity index (χ4v) is 4.84. The number of sulfonamides is 1. The number of carboxylic acids is 2. The first-order chi connectivity index (χ1) is 17.1. The maximum absolute atomic E-state index is 12.8. The van der Waals surface area contributed by atoms with Crippen LogP contribution in [0.4, 0.5) is 24.5 Å². The molecule has 0 radical (unpaired) electrons. The fourth-order valence-electron chi connectivity index (χ4n) is 3.79. The van der Waals surface area contributed by atoms with Gasteiger partial charge in [-0.1, -0.05) is 32.9 Å². The molecule has 0 aliphatic carbocycles. The van der Waals surface area contributed by atoms with Crippen LogP contribution in [0, 0.1) is 11.8 Å². The second-order valence-electron chi connectivity index (χ2n) is 9.36. The average Bonchev–Trinajstić information content (AvgIpc) is 2.79. The van der Waals surface area contributed by atoms with Gasteiger partial charge in [0.2, 0.25) is 0 Å². The summed E-state index contributed by atoms with van der Waals surface area (Å²) in [5.74, 6) is -2.70. The summed E-state index contributed by atoms with van der Waals surface area (Å²) in [6, 6.07) is 11.5.